The first-order chi connectivity index (χ1) is 10.1. The van der Waals surface area contributed by atoms with Crippen molar-refractivity contribution in [2.24, 2.45) is 0 Å². The topological polar surface area (TPSA) is 64.9 Å². The van der Waals surface area contributed by atoms with Crippen molar-refractivity contribution in [1.82, 2.24) is 4.98 Å². The summed E-state index contributed by atoms with van der Waals surface area (Å²) in [5.41, 5.74) is 18.2. The molecule has 0 atom stereocenters. The summed E-state index contributed by atoms with van der Waals surface area (Å²) < 4.78 is 0. The molecular weight excluding hydrogens is 258 g/mol. The molecule has 0 saturated heterocycles. The van der Waals surface area contributed by atoms with Crippen LogP contribution in [0.1, 0.15) is 5.56 Å². The molecule has 1 aromatic heterocycles. The van der Waals surface area contributed by atoms with E-state index in [-0.39, 0.29) is 0 Å². The average Bonchev–Trinajstić information content (AvgIpc) is 2.48. The zero-order valence-electron chi connectivity index (χ0n) is 11.9. The van der Waals surface area contributed by atoms with Crippen molar-refractivity contribution in [3.8, 4) is 22.5 Å². The molecule has 0 saturated carbocycles. The molecule has 0 aliphatic carbocycles. The molecule has 0 spiro atoms. The van der Waals surface area contributed by atoms with Crippen LogP contribution in [0.5, 0.6) is 0 Å². The van der Waals surface area contributed by atoms with Crippen LogP contribution in [0.2, 0.25) is 0 Å². The number of aromatic nitrogens is 1. The van der Waals surface area contributed by atoms with Gasteiger partial charge in [0.1, 0.15) is 0 Å². The molecule has 104 valence electrons. The largest absolute Gasteiger partial charge is 0.399 e. The Morgan fingerprint density at radius 2 is 1.05 bits per heavy atom. The summed E-state index contributed by atoms with van der Waals surface area (Å²) in [5.74, 6) is 0. The smallest absolute Gasteiger partial charge is 0.0712 e. The van der Waals surface area contributed by atoms with E-state index in [0.29, 0.717) is 0 Å². The van der Waals surface area contributed by atoms with Crippen molar-refractivity contribution >= 4 is 11.4 Å². The molecular formula is C18H17N3. The highest BCUT2D eigenvalue weighted by Crippen LogP contribution is 2.25. The fourth-order valence-electron chi connectivity index (χ4n) is 2.27. The molecule has 1 heterocycles. The van der Waals surface area contributed by atoms with E-state index >= 15 is 0 Å². The zero-order chi connectivity index (χ0) is 14.8. The minimum atomic E-state index is 0.755. The van der Waals surface area contributed by atoms with Crippen LogP contribution < -0.4 is 11.5 Å². The predicted octanol–water partition coefficient (Wildman–Crippen LogP) is 3.89. The number of pyridine rings is 1. The normalized spacial score (nSPS) is 10.5. The van der Waals surface area contributed by atoms with Gasteiger partial charge >= 0.3 is 0 Å². The van der Waals surface area contributed by atoms with Crippen LogP contribution in [0.4, 0.5) is 11.4 Å². The summed E-state index contributed by atoms with van der Waals surface area (Å²) in [6.07, 6.45) is 0. The highest BCUT2D eigenvalue weighted by molar-refractivity contribution is 5.69. The average molecular weight is 275 g/mol. The number of hydrogen-bond acceptors (Lipinski definition) is 3. The van der Waals surface area contributed by atoms with Crippen molar-refractivity contribution in [3.63, 3.8) is 0 Å². The van der Waals surface area contributed by atoms with Crippen LogP contribution in [0.3, 0.4) is 0 Å². The standard InChI is InChI=1S/C18H17N3/c1-12-10-17(13-2-6-15(19)7-3-13)21-18(11-12)14-4-8-16(20)9-5-14/h2-11H,19-20H2,1H3. The Hall–Kier alpha value is -2.81. The molecule has 0 aliphatic rings. The lowest BCUT2D eigenvalue weighted by Crippen LogP contribution is -1.92. The Morgan fingerprint density at radius 1 is 0.667 bits per heavy atom. The van der Waals surface area contributed by atoms with Crippen molar-refractivity contribution in [2.45, 2.75) is 6.92 Å². The molecule has 0 bridgehead atoms. The van der Waals surface area contributed by atoms with Crippen LogP contribution in [-0.2, 0) is 0 Å². The van der Waals surface area contributed by atoms with Crippen molar-refractivity contribution in [2.75, 3.05) is 11.5 Å². The number of hydrogen-bond donors (Lipinski definition) is 2. The molecule has 4 N–H and O–H groups in total. The van der Waals surface area contributed by atoms with Crippen molar-refractivity contribution in [1.29, 1.82) is 0 Å². The first-order valence-corrected chi connectivity index (χ1v) is 6.82. The summed E-state index contributed by atoms with van der Waals surface area (Å²) in [4.78, 5) is 4.75. The second-order valence-corrected chi connectivity index (χ2v) is 5.16. The van der Waals surface area contributed by atoms with Crippen LogP contribution in [0, 0.1) is 6.92 Å². The van der Waals surface area contributed by atoms with Gasteiger partial charge in [0, 0.05) is 22.5 Å². The lowest BCUT2D eigenvalue weighted by atomic mass is 10.0. The molecule has 0 unspecified atom stereocenters. The number of nitrogens with zero attached hydrogens (tertiary/aromatic N) is 1. The Labute approximate surface area is 124 Å². The van der Waals surface area contributed by atoms with E-state index < -0.39 is 0 Å². The molecule has 21 heavy (non-hydrogen) atoms. The Morgan fingerprint density at radius 3 is 1.43 bits per heavy atom. The summed E-state index contributed by atoms with van der Waals surface area (Å²) in [7, 11) is 0. The van der Waals surface area contributed by atoms with Crippen LogP contribution in [-0.4, -0.2) is 4.98 Å². The van der Waals surface area contributed by atoms with Crippen molar-refractivity contribution in [3.05, 3.63) is 66.2 Å². The van der Waals surface area contributed by atoms with Gasteiger partial charge in [-0.1, -0.05) is 24.3 Å². The highest BCUT2D eigenvalue weighted by atomic mass is 14.7. The summed E-state index contributed by atoms with van der Waals surface area (Å²) >= 11 is 0. The van der Waals surface area contributed by atoms with Gasteiger partial charge in [0.2, 0.25) is 0 Å². The SMILES string of the molecule is Cc1cc(-c2ccc(N)cc2)nc(-c2ccc(N)cc2)c1. The van der Waals surface area contributed by atoms with Gasteiger partial charge in [-0.3, -0.25) is 0 Å². The molecule has 0 aliphatic heterocycles. The quantitative estimate of drug-likeness (QED) is 0.697. The number of anilines is 2. The number of nitrogens with two attached hydrogens (primary N) is 2. The molecule has 0 radical (unpaired) electrons. The van der Waals surface area contributed by atoms with Gasteiger partial charge in [0.25, 0.3) is 0 Å². The monoisotopic (exact) mass is 275 g/mol. The number of rotatable bonds is 2. The molecule has 0 fully saturated rings. The van der Waals surface area contributed by atoms with Gasteiger partial charge in [-0.2, -0.15) is 0 Å². The zero-order valence-corrected chi connectivity index (χ0v) is 11.9. The summed E-state index contributed by atoms with van der Waals surface area (Å²) in [5, 5.41) is 0. The van der Waals surface area contributed by atoms with Gasteiger partial charge in [-0.05, 0) is 48.9 Å². The minimum Gasteiger partial charge on any atom is -0.399 e. The van der Waals surface area contributed by atoms with Crippen LogP contribution in [0.15, 0.2) is 60.7 Å². The molecule has 3 aromatic rings. The van der Waals surface area contributed by atoms with Crippen LogP contribution in [0.25, 0.3) is 22.5 Å². The number of nitrogen functional groups attached to an aromatic ring is 2. The van der Waals surface area contributed by atoms with Gasteiger partial charge in [0.15, 0.2) is 0 Å². The van der Waals surface area contributed by atoms with E-state index in [1.54, 1.807) is 0 Å². The molecule has 3 nitrogen and oxygen atoms in total. The van der Waals surface area contributed by atoms with Crippen LogP contribution >= 0.6 is 0 Å². The van der Waals surface area contributed by atoms with E-state index in [4.69, 9.17) is 16.5 Å². The second-order valence-electron chi connectivity index (χ2n) is 5.16. The third kappa shape index (κ3) is 2.87. The molecule has 0 amide bonds. The molecule has 2 aromatic carbocycles. The highest BCUT2D eigenvalue weighted by Gasteiger charge is 2.05. The fraction of sp³-hybridized carbons (Fsp3) is 0.0556. The lowest BCUT2D eigenvalue weighted by molar-refractivity contribution is 1.29. The van der Waals surface area contributed by atoms with E-state index in [9.17, 15) is 0 Å². The van der Waals surface area contributed by atoms with Gasteiger partial charge in [0.05, 0.1) is 11.4 Å². The fourth-order valence-corrected chi connectivity index (χ4v) is 2.27. The summed E-state index contributed by atoms with van der Waals surface area (Å²) in [6.45, 7) is 2.07. The van der Waals surface area contributed by atoms with Gasteiger partial charge in [-0.15, -0.1) is 0 Å². The Bertz CT molecular complexity index is 696. The maximum Gasteiger partial charge on any atom is 0.0712 e. The molecule has 3 rings (SSSR count). The maximum absolute atomic E-state index is 5.74. The van der Waals surface area contributed by atoms with Crippen molar-refractivity contribution < 1.29 is 0 Å². The third-order valence-electron chi connectivity index (χ3n) is 3.38. The van der Waals surface area contributed by atoms with E-state index in [1.807, 2.05) is 48.5 Å². The molecule has 3 heteroatoms. The van der Waals surface area contributed by atoms with E-state index in [2.05, 4.69) is 19.1 Å². The van der Waals surface area contributed by atoms with Gasteiger partial charge in [-0.25, -0.2) is 4.98 Å². The Balaban J connectivity index is 2.07. The van der Waals surface area contributed by atoms with E-state index in [1.165, 1.54) is 5.56 Å². The first-order valence-electron chi connectivity index (χ1n) is 6.82. The third-order valence-corrected chi connectivity index (χ3v) is 3.38. The number of aryl methyl sites for hydroxylation is 1. The Kier molecular flexibility index (Phi) is 3.32. The maximum atomic E-state index is 5.74. The van der Waals surface area contributed by atoms with Gasteiger partial charge < -0.3 is 11.5 Å². The van der Waals surface area contributed by atoms with E-state index in [0.717, 1.165) is 33.9 Å². The minimum absolute atomic E-state index is 0.755. The second kappa shape index (κ2) is 5.29. The number of benzene rings is 2. The predicted molar refractivity (Wildman–Crippen MR) is 88.7 cm³/mol. The summed E-state index contributed by atoms with van der Waals surface area (Å²) in [6, 6.07) is 19.7. The lowest BCUT2D eigenvalue weighted by Gasteiger charge is -2.08. The first kappa shape index (κ1) is 13.2.